The van der Waals surface area contributed by atoms with Crippen molar-refractivity contribution in [3.8, 4) is 0 Å². The summed E-state index contributed by atoms with van der Waals surface area (Å²) < 4.78 is 24.3. The summed E-state index contributed by atoms with van der Waals surface area (Å²) in [6.45, 7) is 15.0. The maximum Gasteiger partial charge on any atom is 0.335 e. The van der Waals surface area contributed by atoms with E-state index < -0.39 is 96.5 Å². The molecule has 2 heterocycles. The number of ether oxygens (including phenoxy) is 4. The predicted octanol–water partition coefficient (Wildman–Crippen LogP) is 0.423. The maximum atomic E-state index is 12.4. The summed E-state index contributed by atoms with van der Waals surface area (Å²) in [6, 6.07) is -0.974. The van der Waals surface area contributed by atoms with Crippen molar-refractivity contribution in [3.05, 3.63) is 0 Å². The van der Waals surface area contributed by atoms with Gasteiger partial charge in [0.2, 0.25) is 0 Å². The number of aliphatic hydroxyl groups is 5. The van der Waals surface area contributed by atoms with Gasteiger partial charge in [-0.2, -0.15) is 0 Å². The number of aliphatic hydroxyl groups excluding tert-OH is 5. The first kappa shape index (κ1) is 37.2. The normalized spacial score (nSPS) is 38.0. The van der Waals surface area contributed by atoms with Gasteiger partial charge in [0.1, 0.15) is 36.6 Å². The van der Waals surface area contributed by atoms with Crippen molar-refractivity contribution in [2.45, 2.75) is 161 Å². The molecule has 0 amide bonds. The lowest BCUT2D eigenvalue weighted by molar-refractivity contribution is -0.345. The Morgan fingerprint density at radius 2 is 1.55 bits per heavy atom. The van der Waals surface area contributed by atoms with E-state index in [9.17, 15) is 35.4 Å². The summed E-state index contributed by atoms with van der Waals surface area (Å²) in [5.74, 6) is -1.43. The molecule has 0 aliphatic carbocycles. The highest BCUT2D eigenvalue weighted by molar-refractivity contribution is 5.73. The van der Waals surface area contributed by atoms with E-state index in [1.54, 1.807) is 0 Å². The highest BCUT2D eigenvalue weighted by Gasteiger charge is 2.57. The van der Waals surface area contributed by atoms with Gasteiger partial charge in [-0.25, -0.2) is 4.79 Å². The van der Waals surface area contributed by atoms with Crippen LogP contribution < -0.4 is 11.1 Å². The van der Waals surface area contributed by atoms with Gasteiger partial charge in [0, 0.05) is 0 Å². The van der Waals surface area contributed by atoms with E-state index in [4.69, 9.17) is 24.7 Å². The maximum absolute atomic E-state index is 12.4. The van der Waals surface area contributed by atoms with Crippen molar-refractivity contribution in [3.63, 3.8) is 0 Å². The summed E-state index contributed by atoms with van der Waals surface area (Å²) >= 11 is 0. The van der Waals surface area contributed by atoms with Crippen molar-refractivity contribution in [1.29, 1.82) is 0 Å². The lowest BCUT2D eigenvalue weighted by Gasteiger charge is -2.53. The van der Waals surface area contributed by atoms with E-state index in [2.05, 4.69) is 5.32 Å². The summed E-state index contributed by atoms with van der Waals surface area (Å²) in [4.78, 5) is 12.4. The first-order valence-corrected chi connectivity index (χ1v) is 15.1. The zero-order valence-corrected chi connectivity index (χ0v) is 26.4. The lowest BCUT2D eigenvalue weighted by atomic mass is 9.71. The fourth-order valence-corrected chi connectivity index (χ4v) is 6.16. The molecule has 9 N–H and O–H groups in total. The number of hydrogen-bond donors (Lipinski definition) is 8. The SMILES string of the molecule is CCCC(C)(CC)C1OC(CO)C(O)C(OC2OC(C(=O)O)C(OC(C)(CCC)C(C)(C)C)C(O)C2O)C1NC(N)O. The summed E-state index contributed by atoms with van der Waals surface area (Å²) in [7, 11) is 0. The molecule has 42 heavy (non-hydrogen) atoms. The molecule has 0 radical (unpaired) electrons. The summed E-state index contributed by atoms with van der Waals surface area (Å²) in [5, 5.41) is 66.6. The molecule has 13 heteroatoms. The topological polar surface area (TPSA) is 213 Å². The molecule has 248 valence electrons. The summed E-state index contributed by atoms with van der Waals surface area (Å²) in [5.41, 5.74) is 3.86. The number of aliphatic carboxylic acids is 1. The second kappa shape index (κ2) is 14.9. The number of hydrogen-bond acceptors (Lipinski definition) is 12. The zero-order chi connectivity index (χ0) is 32.2. The van der Waals surface area contributed by atoms with Gasteiger partial charge in [-0.3, -0.25) is 11.1 Å². The number of carboxylic acids is 1. The van der Waals surface area contributed by atoms with Gasteiger partial charge < -0.3 is 49.6 Å². The minimum Gasteiger partial charge on any atom is -0.479 e. The molecule has 2 aliphatic heterocycles. The molecule has 13 unspecified atom stereocenters. The molecule has 13 atom stereocenters. The third-order valence-electron chi connectivity index (χ3n) is 9.37. The van der Waals surface area contributed by atoms with E-state index in [1.807, 2.05) is 55.4 Å². The van der Waals surface area contributed by atoms with Gasteiger partial charge in [0.05, 0.1) is 24.4 Å². The van der Waals surface area contributed by atoms with Gasteiger partial charge >= 0.3 is 5.97 Å². The van der Waals surface area contributed by atoms with Crippen LogP contribution >= 0.6 is 0 Å². The molecule has 2 saturated heterocycles. The molecule has 0 bridgehead atoms. The standard InChI is InChI=1S/C29H56N2O11/c1-9-12-28(7,11-3)23-16(31-26(30)38)20(17(33)15(14-32)39-23)40-25-19(35)18(34)21(22(41-25)24(36)37)42-29(8,13-10-2)27(4,5)6/h15-23,25-26,31-35,38H,9-14,30H2,1-8H3,(H,36,37). The van der Waals surface area contributed by atoms with Crippen molar-refractivity contribution in [2.24, 2.45) is 16.6 Å². The fourth-order valence-electron chi connectivity index (χ4n) is 6.16. The van der Waals surface area contributed by atoms with Crippen LogP contribution in [0.15, 0.2) is 0 Å². The van der Waals surface area contributed by atoms with Crippen LogP contribution in [0.2, 0.25) is 0 Å². The quantitative estimate of drug-likeness (QED) is 0.126. The monoisotopic (exact) mass is 608 g/mol. The highest BCUT2D eigenvalue weighted by Crippen LogP contribution is 2.43. The predicted molar refractivity (Wildman–Crippen MR) is 153 cm³/mol. The smallest absolute Gasteiger partial charge is 0.335 e. The average Bonchev–Trinajstić information content (AvgIpc) is 2.89. The minimum absolute atomic E-state index is 0.447. The Labute approximate surface area is 249 Å². The Morgan fingerprint density at radius 3 is 2.00 bits per heavy atom. The number of rotatable bonds is 14. The first-order chi connectivity index (χ1) is 19.4. The summed E-state index contributed by atoms with van der Waals surface area (Å²) in [6.07, 6.45) is -11.1. The zero-order valence-electron chi connectivity index (χ0n) is 26.4. The van der Waals surface area contributed by atoms with Crippen LogP contribution in [0.4, 0.5) is 0 Å². The van der Waals surface area contributed by atoms with Crippen molar-refractivity contribution >= 4 is 5.97 Å². The number of nitrogens with two attached hydrogens (primary N) is 1. The fraction of sp³-hybridized carbons (Fsp3) is 0.966. The molecule has 0 aromatic carbocycles. The number of carboxylic acid groups (broad SMARTS) is 1. The Morgan fingerprint density at radius 1 is 0.952 bits per heavy atom. The van der Waals surface area contributed by atoms with Crippen LogP contribution in [0, 0.1) is 10.8 Å². The van der Waals surface area contributed by atoms with Gasteiger partial charge in [-0.05, 0) is 37.0 Å². The Bertz CT molecular complexity index is 858. The van der Waals surface area contributed by atoms with Crippen LogP contribution in [0.1, 0.15) is 87.5 Å². The Balaban J connectivity index is 2.48. The largest absolute Gasteiger partial charge is 0.479 e. The molecular formula is C29H56N2O11. The average molecular weight is 609 g/mol. The Kier molecular flexibility index (Phi) is 13.2. The van der Waals surface area contributed by atoms with Crippen LogP contribution in [0.3, 0.4) is 0 Å². The van der Waals surface area contributed by atoms with E-state index in [1.165, 1.54) is 0 Å². The molecule has 2 fully saturated rings. The number of nitrogens with one attached hydrogen (secondary N) is 1. The van der Waals surface area contributed by atoms with Crippen molar-refractivity contribution in [1.82, 2.24) is 5.32 Å². The molecule has 13 nitrogen and oxygen atoms in total. The third kappa shape index (κ3) is 7.99. The molecule has 2 rings (SSSR count). The minimum atomic E-state index is -1.77. The highest BCUT2D eigenvalue weighted by atomic mass is 16.7. The van der Waals surface area contributed by atoms with Gasteiger partial charge in [0.15, 0.2) is 18.7 Å². The molecule has 0 spiro atoms. The second-order valence-electron chi connectivity index (χ2n) is 13.3. The van der Waals surface area contributed by atoms with Crippen LogP contribution in [-0.4, -0.2) is 116 Å². The van der Waals surface area contributed by atoms with E-state index in [0.29, 0.717) is 19.3 Å². The van der Waals surface area contributed by atoms with Crippen LogP contribution in [0.25, 0.3) is 0 Å². The Hall–Kier alpha value is -0.970. The van der Waals surface area contributed by atoms with E-state index >= 15 is 0 Å². The first-order valence-electron chi connectivity index (χ1n) is 15.1. The van der Waals surface area contributed by atoms with Crippen LogP contribution in [-0.2, 0) is 23.7 Å². The van der Waals surface area contributed by atoms with Gasteiger partial charge in [-0.1, -0.05) is 61.3 Å². The second-order valence-corrected chi connectivity index (χ2v) is 13.3. The lowest BCUT2D eigenvalue weighted by Crippen LogP contribution is -2.71. The molecular weight excluding hydrogens is 552 g/mol. The molecule has 0 saturated carbocycles. The van der Waals surface area contributed by atoms with Crippen molar-refractivity contribution < 1.29 is 54.4 Å². The molecule has 0 aromatic rings. The van der Waals surface area contributed by atoms with Crippen LogP contribution in [0.5, 0.6) is 0 Å². The van der Waals surface area contributed by atoms with Gasteiger partial charge in [0.25, 0.3) is 0 Å². The van der Waals surface area contributed by atoms with Crippen molar-refractivity contribution in [2.75, 3.05) is 6.61 Å². The molecule has 0 aromatic heterocycles. The van der Waals surface area contributed by atoms with Gasteiger partial charge in [-0.15, -0.1) is 0 Å². The third-order valence-corrected chi connectivity index (χ3v) is 9.37. The van der Waals surface area contributed by atoms with E-state index in [-0.39, 0.29) is 0 Å². The molecule has 2 aliphatic rings. The number of carbonyl (C=O) groups is 1. The van der Waals surface area contributed by atoms with E-state index in [0.717, 1.165) is 12.8 Å².